The van der Waals surface area contributed by atoms with Crippen LogP contribution in [0.3, 0.4) is 0 Å². The van der Waals surface area contributed by atoms with Crippen LogP contribution >= 0.6 is 11.3 Å². The first-order chi connectivity index (χ1) is 7.70. The van der Waals surface area contributed by atoms with Crippen molar-refractivity contribution in [1.82, 2.24) is 5.32 Å². The summed E-state index contributed by atoms with van der Waals surface area (Å²) in [6.07, 6.45) is 3.80. The predicted octanol–water partition coefficient (Wildman–Crippen LogP) is 2.93. The number of thiophene rings is 1. The summed E-state index contributed by atoms with van der Waals surface area (Å²) >= 11 is 1.26. The molecule has 1 aliphatic rings. The maximum Gasteiger partial charge on any atom is 0.324 e. The van der Waals surface area contributed by atoms with Gasteiger partial charge in [0.15, 0.2) is 0 Å². The third kappa shape index (κ3) is 2.80. The fourth-order valence-corrected chi connectivity index (χ4v) is 2.75. The molecule has 0 amide bonds. The maximum atomic E-state index is 10.5. The first kappa shape index (κ1) is 11.5. The Morgan fingerprint density at radius 3 is 3.06 bits per heavy atom. The third-order valence-electron chi connectivity index (χ3n) is 2.95. The van der Waals surface area contributed by atoms with Gasteiger partial charge in [-0.1, -0.05) is 24.7 Å². The van der Waals surface area contributed by atoms with Gasteiger partial charge in [-0.15, -0.1) is 0 Å². The van der Waals surface area contributed by atoms with Gasteiger partial charge in [0.1, 0.15) is 0 Å². The smallest absolute Gasteiger partial charge is 0.309 e. The lowest BCUT2D eigenvalue weighted by Gasteiger charge is -2.00. The molecule has 1 N–H and O–H groups in total. The average molecular weight is 240 g/mol. The molecule has 2 atom stereocenters. The Bertz CT molecular complexity index is 378. The van der Waals surface area contributed by atoms with E-state index in [1.807, 2.05) is 6.07 Å². The Labute approximate surface area is 98.8 Å². The normalized spacial score (nSPS) is 23.3. The van der Waals surface area contributed by atoms with Gasteiger partial charge in [0.05, 0.1) is 4.92 Å². The van der Waals surface area contributed by atoms with E-state index in [0.717, 1.165) is 17.3 Å². The molecular weight excluding hydrogens is 224 g/mol. The number of nitro groups is 1. The van der Waals surface area contributed by atoms with Gasteiger partial charge >= 0.3 is 5.00 Å². The summed E-state index contributed by atoms with van der Waals surface area (Å²) in [5.41, 5.74) is 0. The standard InChI is InChI=1S/C11H16N2O2S/c1-2-3-8-6-10(8)12-7-9-4-5-11(16-9)13(14)15/h4-5,8,10,12H,2-3,6-7H2,1H3. The highest BCUT2D eigenvalue weighted by molar-refractivity contribution is 7.15. The largest absolute Gasteiger partial charge is 0.324 e. The highest BCUT2D eigenvalue weighted by Crippen LogP contribution is 2.35. The lowest BCUT2D eigenvalue weighted by atomic mass is 10.2. The van der Waals surface area contributed by atoms with Crippen LogP contribution in [0.15, 0.2) is 12.1 Å². The van der Waals surface area contributed by atoms with Crippen LogP contribution in [0.5, 0.6) is 0 Å². The third-order valence-corrected chi connectivity index (χ3v) is 3.98. The molecular formula is C11H16N2O2S. The molecule has 2 unspecified atom stereocenters. The molecule has 2 rings (SSSR count). The van der Waals surface area contributed by atoms with E-state index in [2.05, 4.69) is 12.2 Å². The van der Waals surface area contributed by atoms with Crippen LogP contribution in [0, 0.1) is 16.0 Å². The van der Waals surface area contributed by atoms with Crippen LogP contribution in [0.25, 0.3) is 0 Å². The van der Waals surface area contributed by atoms with E-state index in [1.165, 1.54) is 30.6 Å². The van der Waals surface area contributed by atoms with Crippen molar-refractivity contribution in [2.45, 2.75) is 38.8 Å². The Morgan fingerprint density at radius 1 is 1.62 bits per heavy atom. The molecule has 0 aliphatic heterocycles. The first-order valence-electron chi connectivity index (χ1n) is 5.67. The molecule has 1 aromatic heterocycles. The number of hydrogen-bond donors (Lipinski definition) is 1. The Hall–Kier alpha value is -0.940. The second-order valence-electron chi connectivity index (χ2n) is 4.27. The quantitative estimate of drug-likeness (QED) is 0.614. The van der Waals surface area contributed by atoms with Gasteiger partial charge in [-0.05, 0) is 24.8 Å². The summed E-state index contributed by atoms with van der Waals surface area (Å²) in [5, 5.41) is 14.2. The summed E-state index contributed by atoms with van der Waals surface area (Å²) in [7, 11) is 0. The molecule has 1 aromatic rings. The van der Waals surface area contributed by atoms with E-state index in [4.69, 9.17) is 0 Å². The Morgan fingerprint density at radius 2 is 2.44 bits per heavy atom. The van der Waals surface area contributed by atoms with Crippen molar-refractivity contribution in [1.29, 1.82) is 0 Å². The zero-order valence-electron chi connectivity index (χ0n) is 9.31. The maximum absolute atomic E-state index is 10.5. The van der Waals surface area contributed by atoms with Gasteiger partial charge in [0, 0.05) is 23.5 Å². The molecule has 16 heavy (non-hydrogen) atoms. The summed E-state index contributed by atoms with van der Waals surface area (Å²) < 4.78 is 0. The summed E-state index contributed by atoms with van der Waals surface area (Å²) in [4.78, 5) is 11.2. The average Bonchev–Trinajstić information content (AvgIpc) is 2.80. The van der Waals surface area contributed by atoms with Crippen LogP contribution in [-0.4, -0.2) is 11.0 Å². The zero-order chi connectivity index (χ0) is 11.5. The predicted molar refractivity (Wildman–Crippen MR) is 64.6 cm³/mol. The minimum Gasteiger partial charge on any atom is -0.309 e. The number of nitrogens with zero attached hydrogens (tertiary/aromatic N) is 1. The molecule has 1 heterocycles. The molecule has 0 spiro atoms. The molecule has 0 bridgehead atoms. The van der Waals surface area contributed by atoms with Crippen LogP contribution in [0.2, 0.25) is 0 Å². The van der Waals surface area contributed by atoms with E-state index < -0.39 is 0 Å². The van der Waals surface area contributed by atoms with E-state index in [1.54, 1.807) is 6.07 Å². The van der Waals surface area contributed by atoms with Crippen LogP contribution in [0.4, 0.5) is 5.00 Å². The van der Waals surface area contributed by atoms with Crippen molar-refractivity contribution in [3.05, 3.63) is 27.1 Å². The van der Waals surface area contributed by atoms with Gasteiger partial charge < -0.3 is 5.32 Å². The van der Waals surface area contributed by atoms with Crippen LogP contribution < -0.4 is 5.32 Å². The van der Waals surface area contributed by atoms with Gasteiger partial charge in [0.25, 0.3) is 0 Å². The molecule has 5 heteroatoms. The van der Waals surface area contributed by atoms with E-state index in [0.29, 0.717) is 6.04 Å². The van der Waals surface area contributed by atoms with Gasteiger partial charge in [-0.3, -0.25) is 10.1 Å². The summed E-state index contributed by atoms with van der Waals surface area (Å²) in [5.74, 6) is 0.833. The van der Waals surface area contributed by atoms with Crippen molar-refractivity contribution < 1.29 is 4.92 Å². The molecule has 1 aliphatic carbocycles. The van der Waals surface area contributed by atoms with Gasteiger partial charge in [-0.2, -0.15) is 0 Å². The van der Waals surface area contributed by atoms with Crippen molar-refractivity contribution >= 4 is 16.3 Å². The van der Waals surface area contributed by atoms with Crippen molar-refractivity contribution in [3.8, 4) is 0 Å². The lowest BCUT2D eigenvalue weighted by molar-refractivity contribution is -0.380. The van der Waals surface area contributed by atoms with E-state index >= 15 is 0 Å². The fraction of sp³-hybridized carbons (Fsp3) is 0.636. The highest BCUT2D eigenvalue weighted by Gasteiger charge is 2.35. The van der Waals surface area contributed by atoms with Gasteiger partial charge in [-0.25, -0.2) is 0 Å². The van der Waals surface area contributed by atoms with Crippen LogP contribution in [0.1, 0.15) is 31.1 Å². The van der Waals surface area contributed by atoms with E-state index in [9.17, 15) is 10.1 Å². The minimum absolute atomic E-state index is 0.234. The lowest BCUT2D eigenvalue weighted by Crippen LogP contribution is -2.16. The summed E-state index contributed by atoms with van der Waals surface area (Å²) in [6, 6.07) is 4.06. The second-order valence-corrected chi connectivity index (χ2v) is 5.42. The minimum atomic E-state index is -0.328. The molecule has 4 nitrogen and oxygen atoms in total. The first-order valence-corrected chi connectivity index (χ1v) is 6.49. The Balaban J connectivity index is 1.76. The monoisotopic (exact) mass is 240 g/mol. The molecule has 0 radical (unpaired) electrons. The topological polar surface area (TPSA) is 55.2 Å². The fourth-order valence-electron chi connectivity index (χ4n) is 1.98. The molecule has 1 fully saturated rings. The van der Waals surface area contributed by atoms with E-state index in [-0.39, 0.29) is 9.92 Å². The van der Waals surface area contributed by atoms with Crippen LogP contribution in [-0.2, 0) is 6.54 Å². The summed E-state index contributed by atoms with van der Waals surface area (Å²) in [6.45, 7) is 2.97. The highest BCUT2D eigenvalue weighted by atomic mass is 32.1. The van der Waals surface area contributed by atoms with Gasteiger partial charge in [0.2, 0.25) is 0 Å². The van der Waals surface area contributed by atoms with Crippen molar-refractivity contribution in [2.24, 2.45) is 5.92 Å². The number of hydrogen-bond acceptors (Lipinski definition) is 4. The van der Waals surface area contributed by atoms with Crippen molar-refractivity contribution in [3.63, 3.8) is 0 Å². The number of nitrogens with one attached hydrogen (secondary N) is 1. The Kier molecular flexibility index (Phi) is 3.56. The molecule has 1 saturated carbocycles. The SMILES string of the molecule is CCCC1CC1NCc1ccc([N+](=O)[O-])s1. The molecule has 0 saturated heterocycles. The second kappa shape index (κ2) is 4.93. The molecule has 0 aromatic carbocycles. The number of rotatable bonds is 6. The van der Waals surface area contributed by atoms with Crippen molar-refractivity contribution in [2.75, 3.05) is 0 Å². The zero-order valence-corrected chi connectivity index (χ0v) is 10.1. The molecule has 88 valence electrons.